The van der Waals surface area contributed by atoms with Crippen LogP contribution in [0.2, 0.25) is 0 Å². The standard InChI is InChI=1S/C17H14F3N5O6S2.C10H12F2N/c18-17(19,20)31-9-1-3-10(4-2-9)33(29,30)25-6-5-24(8-12(25)15(27)28)16-22-11-7-21-23-14(26)13(11)32-16;1-2-10(11,12)9-5-3-8(7-13)4-6-9/h1-4,7,12H,5-6,8H2,(H,23,26)(H,27,28);3-6,13H,2,7H2,1H3/q;-1/t12-;/m1./s1. The van der Waals surface area contributed by atoms with Crippen LogP contribution in [0.4, 0.5) is 27.1 Å². The van der Waals surface area contributed by atoms with E-state index in [1.54, 1.807) is 17.0 Å². The fourth-order valence-electron chi connectivity index (χ4n) is 4.36. The van der Waals surface area contributed by atoms with Crippen molar-refractivity contribution in [3.05, 3.63) is 81.9 Å². The molecule has 46 heavy (non-hydrogen) atoms. The summed E-state index contributed by atoms with van der Waals surface area (Å²) in [4.78, 5) is 29.2. The van der Waals surface area contributed by atoms with Crippen LogP contribution in [0.15, 0.2) is 64.4 Å². The summed E-state index contributed by atoms with van der Waals surface area (Å²) < 4.78 is 94.0. The molecule has 2 aromatic carbocycles. The lowest BCUT2D eigenvalue weighted by Gasteiger charge is -2.38. The van der Waals surface area contributed by atoms with Gasteiger partial charge in [-0.1, -0.05) is 48.1 Å². The Morgan fingerprint density at radius 3 is 2.30 bits per heavy atom. The van der Waals surface area contributed by atoms with Crippen molar-refractivity contribution < 1.29 is 45.0 Å². The molecule has 4 aromatic rings. The van der Waals surface area contributed by atoms with E-state index in [2.05, 4.69) is 19.9 Å². The van der Waals surface area contributed by atoms with Crippen molar-refractivity contribution in [3.8, 4) is 5.75 Å². The van der Waals surface area contributed by atoms with Gasteiger partial charge in [0.05, 0.1) is 11.1 Å². The number of carboxylic acids is 1. The Morgan fingerprint density at radius 1 is 1.11 bits per heavy atom. The number of aromatic amines is 1. The van der Waals surface area contributed by atoms with E-state index in [1.165, 1.54) is 25.3 Å². The zero-order chi connectivity index (χ0) is 33.9. The zero-order valence-corrected chi connectivity index (χ0v) is 25.4. The molecule has 12 nitrogen and oxygen atoms in total. The van der Waals surface area contributed by atoms with E-state index in [0.717, 1.165) is 45.5 Å². The van der Waals surface area contributed by atoms with Crippen LogP contribution in [0.3, 0.4) is 0 Å². The molecule has 1 aliphatic heterocycles. The molecule has 1 atom stereocenters. The Balaban J connectivity index is 0.000000310. The van der Waals surface area contributed by atoms with Gasteiger partial charge in [0.1, 0.15) is 22.0 Å². The fraction of sp³-hybridized carbons (Fsp3) is 0.333. The summed E-state index contributed by atoms with van der Waals surface area (Å²) in [6.45, 7) is 1.18. The second-order valence-electron chi connectivity index (χ2n) is 9.78. The Bertz CT molecular complexity index is 1830. The first-order valence-electron chi connectivity index (χ1n) is 13.4. The summed E-state index contributed by atoms with van der Waals surface area (Å²) in [5.41, 5.74) is 7.69. The van der Waals surface area contributed by atoms with Crippen LogP contribution in [0.25, 0.3) is 16.0 Å². The third kappa shape index (κ3) is 7.95. The van der Waals surface area contributed by atoms with E-state index in [4.69, 9.17) is 5.73 Å². The number of thiazole rings is 1. The molecule has 1 saturated heterocycles. The first-order chi connectivity index (χ1) is 21.6. The molecule has 0 spiro atoms. The van der Waals surface area contributed by atoms with Crippen molar-refractivity contribution in [2.24, 2.45) is 0 Å². The number of alkyl halides is 5. The molecule has 1 aliphatic rings. The molecule has 248 valence electrons. The summed E-state index contributed by atoms with van der Waals surface area (Å²) in [5.74, 6) is -4.76. The highest BCUT2D eigenvalue weighted by molar-refractivity contribution is 7.89. The van der Waals surface area contributed by atoms with E-state index < -0.39 is 45.6 Å². The van der Waals surface area contributed by atoms with E-state index in [9.17, 15) is 45.1 Å². The minimum Gasteiger partial charge on any atom is -0.674 e. The number of H-pyrrole nitrogens is 1. The molecule has 0 radical (unpaired) electrons. The molecule has 0 unspecified atom stereocenters. The average Bonchev–Trinajstić information content (AvgIpc) is 3.46. The molecule has 1 fully saturated rings. The number of rotatable bonds is 8. The van der Waals surface area contributed by atoms with Crippen LogP contribution in [0.5, 0.6) is 5.75 Å². The van der Waals surface area contributed by atoms with Gasteiger partial charge < -0.3 is 20.5 Å². The predicted molar refractivity (Wildman–Crippen MR) is 157 cm³/mol. The van der Waals surface area contributed by atoms with Crippen molar-refractivity contribution in [2.45, 2.75) is 43.1 Å². The number of halogens is 5. The quantitative estimate of drug-likeness (QED) is 0.242. The SMILES string of the molecule is CCC(F)(F)c1ccc(C[NH-])cc1.O=C(O)[C@H]1CN(c2nc3cn[nH]c(=O)c3s2)CCN1S(=O)(=O)c1ccc(OC(F)(F)F)cc1. The van der Waals surface area contributed by atoms with E-state index in [1.807, 2.05) is 0 Å². The number of fused-ring (bicyclic) bond motifs is 1. The number of anilines is 1. The zero-order valence-electron chi connectivity index (χ0n) is 23.8. The van der Waals surface area contributed by atoms with E-state index >= 15 is 0 Å². The second kappa shape index (κ2) is 13.7. The Morgan fingerprint density at radius 2 is 1.76 bits per heavy atom. The Hall–Kier alpha value is -4.20. The van der Waals surface area contributed by atoms with E-state index in [-0.39, 0.29) is 43.1 Å². The smallest absolute Gasteiger partial charge is 0.573 e. The summed E-state index contributed by atoms with van der Waals surface area (Å²) in [6, 6.07) is 7.93. The van der Waals surface area contributed by atoms with Gasteiger partial charge in [-0.3, -0.25) is 9.59 Å². The van der Waals surface area contributed by atoms with Crippen LogP contribution < -0.4 is 15.2 Å². The van der Waals surface area contributed by atoms with Gasteiger partial charge in [0.25, 0.3) is 11.5 Å². The Kier molecular flexibility index (Phi) is 10.3. The largest absolute Gasteiger partial charge is 0.674 e. The molecule has 19 heteroatoms. The van der Waals surface area contributed by atoms with Crippen LogP contribution in [-0.4, -0.2) is 71.0 Å². The van der Waals surface area contributed by atoms with Crippen LogP contribution in [-0.2, 0) is 27.3 Å². The van der Waals surface area contributed by atoms with Crippen molar-refractivity contribution in [2.75, 3.05) is 24.5 Å². The van der Waals surface area contributed by atoms with Crippen molar-refractivity contribution in [1.29, 1.82) is 0 Å². The second-order valence-corrected chi connectivity index (χ2v) is 12.6. The number of carbonyl (C=O) groups is 1. The minimum absolute atomic E-state index is 0.0344. The minimum atomic E-state index is -4.94. The number of aliphatic carboxylic acids is 1. The van der Waals surface area contributed by atoms with Gasteiger partial charge in [-0.2, -0.15) is 9.40 Å². The fourth-order valence-corrected chi connectivity index (χ4v) is 6.88. The first-order valence-corrected chi connectivity index (χ1v) is 15.6. The number of aromatic nitrogens is 3. The van der Waals surface area contributed by atoms with Gasteiger partial charge in [0, 0.05) is 31.6 Å². The molecule has 0 bridgehead atoms. The molecular weight excluding hydrogens is 663 g/mol. The topological polar surface area (TPSA) is 170 Å². The highest BCUT2D eigenvalue weighted by Gasteiger charge is 2.41. The maximum absolute atomic E-state index is 13.1. The number of hydrogen-bond acceptors (Lipinski definition) is 9. The van der Waals surface area contributed by atoms with Crippen molar-refractivity contribution in [3.63, 3.8) is 0 Å². The highest BCUT2D eigenvalue weighted by atomic mass is 32.2. The highest BCUT2D eigenvalue weighted by Crippen LogP contribution is 2.32. The van der Waals surface area contributed by atoms with Crippen LogP contribution in [0.1, 0.15) is 24.5 Å². The van der Waals surface area contributed by atoms with Crippen LogP contribution >= 0.6 is 11.3 Å². The maximum Gasteiger partial charge on any atom is 0.573 e. The molecule has 3 heterocycles. The number of nitrogens with one attached hydrogen (secondary N) is 2. The summed E-state index contributed by atoms with van der Waals surface area (Å²) in [7, 11) is -4.35. The summed E-state index contributed by atoms with van der Waals surface area (Å²) >= 11 is 1.02. The Labute approximate surface area is 262 Å². The molecule has 3 N–H and O–H groups in total. The number of hydrogen-bond donors (Lipinski definition) is 2. The monoisotopic (exact) mass is 689 g/mol. The van der Waals surface area contributed by atoms with E-state index in [0.29, 0.717) is 15.3 Å². The molecule has 2 aromatic heterocycles. The number of ether oxygens (including phenoxy) is 1. The number of carboxylic acid groups (broad SMARTS) is 1. The van der Waals surface area contributed by atoms with Gasteiger partial charge in [-0.05, 0) is 24.3 Å². The molecular formula is C27H26F5N6O6S2-. The third-order valence-corrected chi connectivity index (χ3v) is 9.83. The molecule has 0 saturated carbocycles. The van der Waals surface area contributed by atoms with Gasteiger partial charge in [0.2, 0.25) is 10.0 Å². The van der Waals surface area contributed by atoms with Crippen LogP contribution in [0, 0.1) is 0 Å². The number of piperazine rings is 1. The lowest BCUT2D eigenvalue weighted by molar-refractivity contribution is -0.274. The lowest BCUT2D eigenvalue weighted by Crippen LogP contribution is -2.58. The average molecular weight is 690 g/mol. The maximum atomic E-state index is 13.1. The van der Waals surface area contributed by atoms with Crippen molar-refractivity contribution in [1.82, 2.24) is 19.5 Å². The van der Waals surface area contributed by atoms with Gasteiger partial charge in [0.15, 0.2) is 5.13 Å². The summed E-state index contributed by atoms with van der Waals surface area (Å²) in [6.07, 6.45) is -3.78. The predicted octanol–water partition coefficient (Wildman–Crippen LogP) is 4.98. The van der Waals surface area contributed by atoms with Gasteiger partial charge in [-0.15, -0.1) is 19.7 Å². The lowest BCUT2D eigenvalue weighted by atomic mass is 10.0. The normalized spacial score (nSPS) is 16.2. The van der Waals surface area contributed by atoms with Crippen molar-refractivity contribution >= 4 is 42.7 Å². The first kappa shape index (κ1) is 34.7. The molecule has 0 aliphatic carbocycles. The van der Waals surface area contributed by atoms with Gasteiger partial charge in [-0.25, -0.2) is 27.3 Å². The molecule has 5 rings (SSSR count). The third-order valence-electron chi connectivity index (χ3n) is 6.78. The number of nitrogens with zero attached hydrogens (tertiary/aromatic N) is 4. The van der Waals surface area contributed by atoms with Gasteiger partial charge >= 0.3 is 12.3 Å². The molecule has 0 amide bonds. The summed E-state index contributed by atoms with van der Waals surface area (Å²) in [5, 5.41) is 15.9. The number of sulfonamides is 1. The number of benzene rings is 2.